The van der Waals surface area contributed by atoms with E-state index in [0.717, 1.165) is 11.5 Å². The molecular formula is C14H26N2O3S. The second kappa shape index (κ2) is 9.69. The van der Waals surface area contributed by atoms with E-state index >= 15 is 0 Å². The van der Waals surface area contributed by atoms with E-state index < -0.39 is 11.9 Å². The molecule has 0 fully saturated rings. The third-order valence-electron chi connectivity index (χ3n) is 2.48. The number of carboxylic acids is 1. The van der Waals surface area contributed by atoms with E-state index in [-0.39, 0.29) is 18.0 Å². The quantitative estimate of drug-likeness (QED) is 0.451. The number of carboxylic acid groups (broad SMARTS) is 1. The molecule has 0 aliphatic rings. The smallest absolute Gasteiger partial charge is 0.314 e. The third kappa shape index (κ3) is 10.7. The van der Waals surface area contributed by atoms with Gasteiger partial charge in [0.25, 0.3) is 0 Å². The molecule has 20 heavy (non-hydrogen) atoms. The van der Waals surface area contributed by atoms with Gasteiger partial charge in [0.05, 0.1) is 5.92 Å². The Morgan fingerprint density at radius 1 is 1.35 bits per heavy atom. The summed E-state index contributed by atoms with van der Waals surface area (Å²) in [5.74, 6) is 0.234. The van der Waals surface area contributed by atoms with Gasteiger partial charge < -0.3 is 15.7 Å². The number of thioether (sulfide) groups is 1. The number of aliphatic carboxylic acids is 1. The highest BCUT2D eigenvalue weighted by Gasteiger charge is 2.24. The highest BCUT2D eigenvalue weighted by Crippen LogP contribution is 2.24. The average Bonchev–Trinajstić information content (AvgIpc) is 2.32. The number of rotatable bonds is 9. The first-order chi connectivity index (χ1) is 9.26. The first kappa shape index (κ1) is 18.8. The summed E-state index contributed by atoms with van der Waals surface area (Å²) in [6.45, 7) is 10.3. The molecule has 0 spiro atoms. The van der Waals surface area contributed by atoms with Crippen LogP contribution in [0.15, 0.2) is 12.7 Å². The van der Waals surface area contributed by atoms with Crippen molar-refractivity contribution >= 4 is 23.8 Å². The molecule has 0 aliphatic carbocycles. The van der Waals surface area contributed by atoms with Crippen molar-refractivity contribution < 1.29 is 14.7 Å². The van der Waals surface area contributed by atoms with Gasteiger partial charge in [-0.05, 0) is 11.8 Å². The molecular weight excluding hydrogens is 276 g/mol. The van der Waals surface area contributed by atoms with Crippen LogP contribution in [0.5, 0.6) is 0 Å². The summed E-state index contributed by atoms with van der Waals surface area (Å²) in [4.78, 5) is 22.7. The van der Waals surface area contributed by atoms with Gasteiger partial charge in [0.2, 0.25) is 0 Å². The zero-order chi connectivity index (χ0) is 15.6. The van der Waals surface area contributed by atoms with E-state index in [0.29, 0.717) is 13.0 Å². The summed E-state index contributed by atoms with van der Waals surface area (Å²) >= 11 is 1.68. The topological polar surface area (TPSA) is 78.4 Å². The molecule has 1 unspecified atom stereocenters. The van der Waals surface area contributed by atoms with Crippen LogP contribution in [0.4, 0.5) is 4.79 Å². The minimum atomic E-state index is -0.873. The van der Waals surface area contributed by atoms with Crippen LogP contribution in [0.1, 0.15) is 27.2 Å². The lowest BCUT2D eigenvalue weighted by Gasteiger charge is -2.23. The fraction of sp³-hybridized carbons (Fsp3) is 0.714. The second-order valence-corrected chi connectivity index (χ2v) is 6.95. The molecule has 0 bridgehead atoms. The van der Waals surface area contributed by atoms with E-state index in [9.17, 15) is 9.59 Å². The van der Waals surface area contributed by atoms with Gasteiger partial charge in [-0.3, -0.25) is 4.79 Å². The van der Waals surface area contributed by atoms with Gasteiger partial charge in [-0.25, -0.2) is 4.79 Å². The van der Waals surface area contributed by atoms with E-state index in [1.54, 1.807) is 11.8 Å². The number of carbonyl (C=O) groups is 2. The number of hydrogen-bond acceptors (Lipinski definition) is 3. The van der Waals surface area contributed by atoms with Crippen LogP contribution in [0.25, 0.3) is 0 Å². The Hall–Kier alpha value is -1.17. The predicted octanol–water partition coefficient (Wildman–Crippen LogP) is 2.34. The molecule has 0 aliphatic heterocycles. The zero-order valence-corrected chi connectivity index (χ0v) is 13.4. The summed E-state index contributed by atoms with van der Waals surface area (Å²) in [5, 5.41) is 14.5. The van der Waals surface area contributed by atoms with Gasteiger partial charge in [-0.15, -0.1) is 6.58 Å². The van der Waals surface area contributed by atoms with Crippen molar-refractivity contribution in [2.75, 3.05) is 24.6 Å². The largest absolute Gasteiger partial charge is 0.481 e. The van der Waals surface area contributed by atoms with Gasteiger partial charge in [0.15, 0.2) is 0 Å². The predicted molar refractivity (Wildman–Crippen MR) is 84.1 cm³/mol. The standard InChI is InChI=1S/C14H26N2O3S/c1-5-7-20-8-6-15-13(19)16-10-11(12(17)18)9-14(2,3)4/h5,11H,1,6-10H2,2-4H3,(H,17,18)(H2,15,16,19). The Bertz CT molecular complexity index is 327. The molecule has 0 heterocycles. The van der Waals surface area contributed by atoms with Crippen LogP contribution in [0, 0.1) is 11.3 Å². The molecule has 116 valence electrons. The van der Waals surface area contributed by atoms with E-state index in [1.165, 1.54) is 0 Å². The Labute approximate surface area is 125 Å². The number of carbonyl (C=O) groups excluding carboxylic acids is 1. The molecule has 6 heteroatoms. The molecule has 5 nitrogen and oxygen atoms in total. The SMILES string of the molecule is C=CCSCCNC(=O)NCC(CC(C)(C)C)C(=O)O. The molecule has 0 aromatic heterocycles. The van der Waals surface area contributed by atoms with Crippen molar-refractivity contribution in [3.63, 3.8) is 0 Å². The van der Waals surface area contributed by atoms with Crippen molar-refractivity contribution in [3.8, 4) is 0 Å². The molecule has 0 aromatic rings. The fourth-order valence-corrected chi connectivity index (χ4v) is 2.25. The zero-order valence-electron chi connectivity index (χ0n) is 12.6. The summed E-state index contributed by atoms with van der Waals surface area (Å²) in [7, 11) is 0. The minimum Gasteiger partial charge on any atom is -0.481 e. The maximum absolute atomic E-state index is 11.5. The van der Waals surface area contributed by atoms with Crippen LogP contribution < -0.4 is 10.6 Å². The van der Waals surface area contributed by atoms with E-state index in [2.05, 4.69) is 17.2 Å². The minimum absolute atomic E-state index is 0.0808. The van der Waals surface area contributed by atoms with Gasteiger partial charge in [-0.2, -0.15) is 11.8 Å². The van der Waals surface area contributed by atoms with Gasteiger partial charge in [-0.1, -0.05) is 26.8 Å². The molecule has 0 radical (unpaired) electrons. The van der Waals surface area contributed by atoms with Crippen molar-refractivity contribution in [3.05, 3.63) is 12.7 Å². The van der Waals surface area contributed by atoms with Crippen LogP contribution in [-0.4, -0.2) is 41.7 Å². The summed E-state index contributed by atoms with van der Waals surface area (Å²) in [5.41, 5.74) is -0.0808. The summed E-state index contributed by atoms with van der Waals surface area (Å²) < 4.78 is 0. The van der Waals surface area contributed by atoms with Crippen LogP contribution in [0.2, 0.25) is 0 Å². The lowest BCUT2D eigenvalue weighted by atomic mass is 9.84. The van der Waals surface area contributed by atoms with Crippen LogP contribution >= 0.6 is 11.8 Å². The van der Waals surface area contributed by atoms with E-state index in [1.807, 2.05) is 26.8 Å². The molecule has 2 amide bonds. The third-order valence-corrected chi connectivity index (χ3v) is 3.45. The molecule has 0 aromatic carbocycles. The van der Waals surface area contributed by atoms with E-state index in [4.69, 9.17) is 5.11 Å². The molecule has 0 saturated heterocycles. The summed E-state index contributed by atoms with van der Waals surface area (Å²) in [6, 6.07) is -0.315. The second-order valence-electron chi connectivity index (χ2n) is 5.80. The Balaban J connectivity index is 3.94. The lowest BCUT2D eigenvalue weighted by molar-refractivity contribution is -0.142. The van der Waals surface area contributed by atoms with Gasteiger partial charge in [0.1, 0.15) is 0 Å². The fourth-order valence-electron chi connectivity index (χ4n) is 1.67. The van der Waals surface area contributed by atoms with Gasteiger partial charge in [0, 0.05) is 24.6 Å². The molecule has 1 atom stereocenters. The highest BCUT2D eigenvalue weighted by atomic mass is 32.2. The Morgan fingerprint density at radius 3 is 2.50 bits per heavy atom. The van der Waals surface area contributed by atoms with Crippen molar-refractivity contribution in [1.29, 1.82) is 0 Å². The maximum Gasteiger partial charge on any atom is 0.314 e. The number of urea groups is 1. The first-order valence-corrected chi connectivity index (χ1v) is 7.85. The maximum atomic E-state index is 11.5. The Kier molecular flexibility index (Phi) is 9.12. The average molecular weight is 302 g/mol. The lowest BCUT2D eigenvalue weighted by Crippen LogP contribution is -2.41. The number of hydrogen-bond donors (Lipinski definition) is 3. The normalized spacial score (nSPS) is 12.6. The Morgan fingerprint density at radius 2 is 2.00 bits per heavy atom. The van der Waals surface area contributed by atoms with Crippen molar-refractivity contribution in [2.45, 2.75) is 27.2 Å². The van der Waals surface area contributed by atoms with Gasteiger partial charge >= 0.3 is 12.0 Å². The monoisotopic (exact) mass is 302 g/mol. The molecule has 0 saturated carbocycles. The summed E-state index contributed by atoms with van der Waals surface area (Å²) in [6.07, 6.45) is 2.34. The van der Waals surface area contributed by atoms with Crippen molar-refractivity contribution in [2.24, 2.45) is 11.3 Å². The first-order valence-electron chi connectivity index (χ1n) is 6.69. The molecule has 0 rings (SSSR count). The number of nitrogens with one attached hydrogen (secondary N) is 2. The molecule has 3 N–H and O–H groups in total. The van der Waals surface area contributed by atoms with Crippen LogP contribution in [-0.2, 0) is 4.79 Å². The van der Waals surface area contributed by atoms with Crippen molar-refractivity contribution in [1.82, 2.24) is 10.6 Å². The van der Waals surface area contributed by atoms with Crippen LogP contribution in [0.3, 0.4) is 0 Å². The highest BCUT2D eigenvalue weighted by molar-refractivity contribution is 7.99. The number of amides is 2.